The predicted molar refractivity (Wildman–Crippen MR) is 100 cm³/mol. The van der Waals surface area contributed by atoms with Gasteiger partial charge in [-0.15, -0.1) is 0 Å². The number of aromatic nitrogens is 2. The fourth-order valence-corrected chi connectivity index (χ4v) is 3.21. The number of anilines is 1. The minimum atomic E-state index is -0.170. The number of hydrogen-bond acceptors (Lipinski definition) is 7. The SMILES string of the molecule is O=C(CN1CCN(c2ncccn2)CC1)NC[C@H]1COc2ccccc2O1. The lowest BCUT2D eigenvalue weighted by atomic mass is 10.2. The molecule has 1 atom stereocenters. The van der Waals surface area contributed by atoms with E-state index in [1.807, 2.05) is 30.3 Å². The van der Waals surface area contributed by atoms with Crippen molar-refractivity contribution in [2.75, 3.05) is 50.8 Å². The van der Waals surface area contributed by atoms with Crippen LogP contribution in [-0.4, -0.2) is 72.8 Å². The maximum Gasteiger partial charge on any atom is 0.234 e. The summed E-state index contributed by atoms with van der Waals surface area (Å²) in [5.41, 5.74) is 0. The number of rotatable bonds is 5. The smallest absolute Gasteiger partial charge is 0.234 e. The van der Waals surface area contributed by atoms with Gasteiger partial charge in [-0.1, -0.05) is 12.1 Å². The molecule has 0 unspecified atom stereocenters. The molecule has 1 N–H and O–H groups in total. The van der Waals surface area contributed by atoms with Gasteiger partial charge in [-0.2, -0.15) is 0 Å². The minimum Gasteiger partial charge on any atom is -0.486 e. The van der Waals surface area contributed by atoms with Crippen molar-refractivity contribution in [1.29, 1.82) is 0 Å². The standard InChI is InChI=1S/C19H23N5O3/c25-18(22-12-15-14-26-16-4-1-2-5-17(16)27-15)13-23-8-10-24(11-9-23)19-20-6-3-7-21-19/h1-7,15H,8-14H2,(H,22,25)/t15-/m0/s1. The Morgan fingerprint density at radius 2 is 1.81 bits per heavy atom. The van der Waals surface area contributed by atoms with Crippen molar-refractivity contribution in [3.05, 3.63) is 42.7 Å². The summed E-state index contributed by atoms with van der Waals surface area (Å²) in [7, 11) is 0. The van der Waals surface area contributed by atoms with Crippen molar-refractivity contribution in [1.82, 2.24) is 20.2 Å². The number of fused-ring (bicyclic) bond motifs is 1. The quantitative estimate of drug-likeness (QED) is 0.825. The van der Waals surface area contributed by atoms with Gasteiger partial charge in [-0.3, -0.25) is 9.69 Å². The van der Waals surface area contributed by atoms with Crippen LogP contribution in [0.1, 0.15) is 0 Å². The van der Waals surface area contributed by atoms with E-state index in [4.69, 9.17) is 9.47 Å². The summed E-state index contributed by atoms with van der Waals surface area (Å²) in [4.78, 5) is 25.1. The van der Waals surface area contributed by atoms with Crippen LogP contribution in [0, 0.1) is 0 Å². The predicted octanol–water partition coefficient (Wildman–Crippen LogP) is 0.555. The van der Waals surface area contributed by atoms with E-state index in [9.17, 15) is 4.79 Å². The number of amides is 1. The number of benzene rings is 1. The number of carbonyl (C=O) groups excluding carboxylic acids is 1. The molecule has 3 heterocycles. The van der Waals surface area contributed by atoms with E-state index in [0.717, 1.165) is 43.6 Å². The first-order valence-electron chi connectivity index (χ1n) is 9.17. The number of nitrogens with zero attached hydrogens (tertiary/aromatic N) is 4. The number of para-hydroxylation sites is 2. The van der Waals surface area contributed by atoms with Crippen molar-refractivity contribution >= 4 is 11.9 Å². The summed E-state index contributed by atoms with van der Waals surface area (Å²) in [6.45, 7) is 4.50. The molecular weight excluding hydrogens is 346 g/mol. The third-order valence-electron chi connectivity index (χ3n) is 4.67. The van der Waals surface area contributed by atoms with Crippen molar-refractivity contribution in [3.63, 3.8) is 0 Å². The van der Waals surface area contributed by atoms with Crippen LogP contribution in [0.2, 0.25) is 0 Å². The van der Waals surface area contributed by atoms with Gasteiger partial charge in [0.2, 0.25) is 11.9 Å². The van der Waals surface area contributed by atoms with Crippen LogP contribution in [0.5, 0.6) is 11.5 Å². The maximum absolute atomic E-state index is 12.3. The zero-order valence-electron chi connectivity index (χ0n) is 15.1. The lowest BCUT2D eigenvalue weighted by molar-refractivity contribution is -0.122. The number of piperazine rings is 1. The monoisotopic (exact) mass is 369 g/mol. The first-order valence-corrected chi connectivity index (χ1v) is 9.17. The molecule has 2 aliphatic rings. The average molecular weight is 369 g/mol. The molecule has 4 rings (SSSR count). The highest BCUT2D eigenvalue weighted by Gasteiger charge is 2.23. The molecule has 1 amide bonds. The van der Waals surface area contributed by atoms with Crippen molar-refractivity contribution in [2.45, 2.75) is 6.10 Å². The number of ether oxygens (including phenoxy) is 2. The fraction of sp³-hybridized carbons (Fsp3) is 0.421. The Morgan fingerprint density at radius 3 is 2.59 bits per heavy atom. The summed E-state index contributed by atoms with van der Waals surface area (Å²) in [6.07, 6.45) is 3.32. The zero-order chi connectivity index (χ0) is 18.5. The van der Waals surface area contributed by atoms with E-state index in [-0.39, 0.29) is 12.0 Å². The van der Waals surface area contributed by atoms with Gasteiger partial charge in [-0.05, 0) is 18.2 Å². The van der Waals surface area contributed by atoms with Crippen molar-refractivity contribution in [2.24, 2.45) is 0 Å². The van der Waals surface area contributed by atoms with E-state index >= 15 is 0 Å². The third-order valence-corrected chi connectivity index (χ3v) is 4.67. The van der Waals surface area contributed by atoms with Crippen LogP contribution in [0.15, 0.2) is 42.7 Å². The summed E-state index contributed by atoms with van der Waals surface area (Å²) < 4.78 is 11.5. The van der Waals surface area contributed by atoms with E-state index in [2.05, 4.69) is 25.1 Å². The Kier molecular flexibility index (Phi) is 5.34. The molecular formula is C19H23N5O3. The second kappa shape index (κ2) is 8.22. The highest BCUT2D eigenvalue weighted by atomic mass is 16.6. The molecule has 0 saturated carbocycles. The largest absolute Gasteiger partial charge is 0.486 e. The van der Waals surface area contributed by atoms with E-state index < -0.39 is 0 Å². The molecule has 1 fully saturated rings. The Morgan fingerprint density at radius 1 is 1.07 bits per heavy atom. The second-order valence-corrected chi connectivity index (χ2v) is 6.61. The van der Waals surface area contributed by atoms with Crippen LogP contribution in [0.25, 0.3) is 0 Å². The number of carbonyl (C=O) groups is 1. The van der Waals surface area contributed by atoms with Gasteiger partial charge in [0.15, 0.2) is 11.5 Å². The van der Waals surface area contributed by atoms with Crippen LogP contribution >= 0.6 is 0 Å². The van der Waals surface area contributed by atoms with E-state index in [1.54, 1.807) is 12.4 Å². The lowest BCUT2D eigenvalue weighted by Crippen LogP contribution is -2.51. The van der Waals surface area contributed by atoms with Gasteiger partial charge in [0.1, 0.15) is 12.7 Å². The second-order valence-electron chi connectivity index (χ2n) is 6.61. The normalized spacial score (nSPS) is 19.6. The first kappa shape index (κ1) is 17.5. The van der Waals surface area contributed by atoms with E-state index in [1.165, 1.54) is 0 Å². The summed E-state index contributed by atoms with van der Waals surface area (Å²) in [5, 5.41) is 2.95. The lowest BCUT2D eigenvalue weighted by Gasteiger charge is -2.34. The Balaban J connectivity index is 1.19. The minimum absolute atomic E-state index is 0.00173. The van der Waals surface area contributed by atoms with Crippen LogP contribution in [0.3, 0.4) is 0 Å². The van der Waals surface area contributed by atoms with Crippen LogP contribution in [-0.2, 0) is 4.79 Å². The van der Waals surface area contributed by atoms with Gasteiger partial charge in [0.25, 0.3) is 0 Å². The molecule has 0 aliphatic carbocycles. The Hall–Kier alpha value is -2.87. The molecule has 142 valence electrons. The highest BCUT2D eigenvalue weighted by molar-refractivity contribution is 5.78. The summed E-state index contributed by atoms with van der Waals surface area (Å²) in [6, 6.07) is 9.38. The van der Waals surface area contributed by atoms with Crippen LogP contribution < -0.4 is 19.7 Å². The van der Waals surface area contributed by atoms with Crippen molar-refractivity contribution in [3.8, 4) is 11.5 Å². The van der Waals surface area contributed by atoms with Gasteiger partial charge in [-0.25, -0.2) is 9.97 Å². The third kappa shape index (κ3) is 4.46. The zero-order valence-corrected chi connectivity index (χ0v) is 15.1. The molecule has 2 aromatic rings. The van der Waals surface area contributed by atoms with E-state index in [0.29, 0.717) is 19.7 Å². The Bertz CT molecular complexity index is 765. The molecule has 2 aliphatic heterocycles. The average Bonchev–Trinajstić information content (AvgIpc) is 2.73. The molecule has 1 aromatic heterocycles. The van der Waals surface area contributed by atoms with Gasteiger partial charge in [0.05, 0.1) is 13.1 Å². The molecule has 27 heavy (non-hydrogen) atoms. The van der Waals surface area contributed by atoms with Crippen molar-refractivity contribution < 1.29 is 14.3 Å². The van der Waals surface area contributed by atoms with Crippen LogP contribution in [0.4, 0.5) is 5.95 Å². The summed E-state index contributed by atoms with van der Waals surface area (Å²) >= 11 is 0. The molecule has 0 bridgehead atoms. The molecule has 8 nitrogen and oxygen atoms in total. The van der Waals surface area contributed by atoms with Gasteiger partial charge < -0.3 is 19.7 Å². The topological polar surface area (TPSA) is 79.8 Å². The Labute approximate surface area is 158 Å². The van der Waals surface area contributed by atoms with Gasteiger partial charge >= 0.3 is 0 Å². The molecule has 1 saturated heterocycles. The number of nitrogens with one attached hydrogen (secondary N) is 1. The fourth-order valence-electron chi connectivity index (χ4n) is 3.21. The summed E-state index contributed by atoms with van der Waals surface area (Å²) in [5.74, 6) is 2.22. The highest BCUT2D eigenvalue weighted by Crippen LogP contribution is 2.30. The maximum atomic E-state index is 12.3. The number of hydrogen-bond donors (Lipinski definition) is 1. The molecule has 0 spiro atoms. The molecule has 8 heteroatoms. The van der Waals surface area contributed by atoms with Gasteiger partial charge in [0, 0.05) is 38.6 Å². The molecule has 1 aromatic carbocycles. The molecule has 0 radical (unpaired) electrons. The first-order chi connectivity index (χ1) is 13.3.